The summed E-state index contributed by atoms with van der Waals surface area (Å²) in [7, 11) is 1.56. The van der Waals surface area contributed by atoms with Crippen molar-refractivity contribution in [3.63, 3.8) is 0 Å². The van der Waals surface area contributed by atoms with Crippen LogP contribution in [0.25, 0.3) is 11.0 Å². The van der Waals surface area contributed by atoms with Gasteiger partial charge in [-0.25, -0.2) is 4.39 Å². The summed E-state index contributed by atoms with van der Waals surface area (Å²) in [6.07, 6.45) is 0.0271. The first-order valence-corrected chi connectivity index (χ1v) is 9.55. The maximum Gasteiger partial charge on any atom is 0.293 e. The molecule has 156 valence electrons. The van der Waals surface area contributed by atoms with Crippen molar-refractivity contribution >= 4 is 34.2 Å². The molecule has 4 rings (SSSR count). The minimum absolute atomic E-state index is 0.00975. The Hall–Kier alpha value is -4.13. The smallest absolute Gasteiger partial charge is 0.293 e. The van der Waals surface area contributed by atoms with Gasteiger partial charge in [0.2, 0.25) is 11.7 Å². The van der Waals surface area contributed by atoms with E-state index in [2.05, 4.69) is 10.6 Å². The average molecular weight is 418 g/mol. The molecule has 0 saturated carbocycles. The van der Waals surface area contributed by atoms with E-state index in [-0.39, 0.29) is 29.6 Å². The minimum Gasteiger partial charge on any atom is -0.497 e. The van der Waals surface area contributed by atoms with Gasteiger partial charge in [0.1, 0.15) is 22.8 Å². The average Bonchev–Trinajstić information content (AvgIpc) is 3.14. The van der Waals surface area contributed by atoms with Gasteiger partial charge in [0, 0.05) is 11.1 Å². The first-order valence-electron chi connectivity index (χ1n) is 9.55. The fraction of sp³-hybridized carbons (Fsp3) is 0.0833. The third kappa shape index (κ3) is 4.56. The fourth-order valence-electron chi connectivity index (χ4n) is 3.16. The number of hydrogen-bond acceptors (Lipinski definition) is 4. The molecule has 1 aromatic heterocycles. The number of amides is 2. The molecule has 0 unspecified atom stereocenters. The molecule has 31 heavy (non-hydrogen) atoms. The second-order valence-corrected chi connectivity index (χ2v) is 6.84. The van der Waals surface area contributed by atoms with Crippen LogP contribution >= 0.6 is 0 Å². The molecule has 0 radical (unpaired) electrons. The number of para-hydroxylation sites is 1. The Bertz CT molecular complexity index is 1230. The molecular formula is C24H19FN2O4. The quantitative estimate of drug-likeness (QED) is 0.461. The number of ether oxygens (including phenoxy) is 1. The molecule has 0 bridgehead atoms. The summed E-state index contributed by atoms with van der Waals surface area (Å²) in [5.41, 5.74) is 1.96. The van der Waals surface area contributed by atoms with E-state index in [4.69, 9.17) is 9.15 Å². The number of carbonyl (C=O) groups is 2. The number of anilines is 2. The minimum atomic E-state index is -0.501. The molecule has 0 atom stereocenters. The van der Waals surface area contributed by atoms with Gasteiger partial charge in [0.15, 0.2) is 0 Å². The van der Waals surface area contributed by atoms with E-state index in [1.165, 1.54) is 12.1 Å². The van der Waals surface area contributed by atoms with Crippen LogP contribution in [-0.2, 0) is 11.2 Å². The topological polar surface area (TPSA) is 80.6 Å². The molecule has 4 aromatic rings. The van der Waals surface area contributed by atoms with E-state index in [0.29, 0.717) is 28.0 Å². The van der Waals surface area contributed by atoms with Crippen LogP contribution < -0.4 is 15.4 Å². The third-order valence-electron chi connectivity index (χ3n) is 4.69. The Kier molecular flexibility index (Phi) is 5.66. The zero-order chi connectivity index (χ0) is 21.8. The van der Waals surface area contributed by atoms with Gasteiger partial charge < -0.3 is 19.8 Å². The van der Waals surface area contributed by atoms with Crippen LogP contribution in [0, 0.1) is 5.82 Å². The van der Waals surface area contributed by atoms with E-state index in [1.54, 1.807) is 67.8 Å². The van der Waals surface area contributed by atoms with Gasteiger partial charge in [-0.2, -0.15) is 0 Å². The molecular weight excluding hydrogens is 399 g/mol. The van der Waals surface area contributed by atoms with E-state index < -0.39 is 5.91 Å². The highest BCUT2D eigenvalue weighted by molar-refractivity contribution is 6.14. The number of halogens is 1. The molecule has 0 aliphatic rings. The predicted molar refractivity (Wildman–Crippen MR) is 116 cm³/mol. The molecule has 3 aromatic carbocycles. The van der Waals surface area contributed by atoms with Crippen molar-refractivity contribution in [3.05, 3.63) is 89.9 Å². The highest BCUT2D eigenvalue weighted by Gasteiger charge is 2.22. The lowest BCUT2D eigenvalue weighted by Gasteiger charge is -2.08. The first-order chi connectivity index (χ1) is 15.0. The van der Waals surface area contributed by atoms with Crippen molar-refractivity contribution in [1.82, 2.24) is 0 Å². The Balaban J connectivity index is 1.59. The van der Waals surface area contributed by atoms with Crippen LogP contribution in [0.15, 0.2) is 77.2 Å². The van der Waals surface area contributed by atoms with Gasteiger partial charge in [-0.05, 0) is 54.1 Å². The van der Waals surface area contributed by atoms with E-state index in [9.17, 15) is 14.0 Å². The Morgan fingerprint density at radius 1 is 0.935 bits per heavy atom. The summed E-state index contributed by atoms with van der Waals surface area (Å²) in [4.78, 5) is 25.5. The van der Waals surface area contributed by atoms with E-state index >= 15 is 0 Å². The second-order valence-electron chi connectivity index (χ2n) is 6.84. The maximum absolute atomic E-state index is 13.1. The molecule has 2 N–H and O–H groups in total. The molecule has 0 aliphatic carbocycles. The van der Waals surface area contributed by atoms with Gasteiger partial charge in [-0.1, -0.05) is 24.3 Å². The Labute approximate surface area is 177 Å². The number of carbonyl (C=O) groups excluding carboxylic acids is 2. The predicted octanol–water partition coefficient (Wildman–Crippen LogP) is 5.01. The SMILES string of the molecule is COc1ccc(NC(=O)c2oc3ccccc3c2NC(=O)Cc2ccc(F)cc2)cc1. The number of hydrogen-bond donors (Lipinski definition) is 2. The number of fused-ring (bicyclic) bond motifs is 1. The largest absolute Gasteiger partial charge is 0.497 e. The number of methoxy groups -OCH3 is 1. The van der Waals surface area contributed by atoms with Crippen molar-refractivity contribution in [2.75, 3.05) is 17.7 Å². The standard InChI is InChI=1S/C24H19FN2O4/c1-30-18-12-10-17(11-13-18)26-24(29)23-22(19-4-2-3-5-20(19)31-23)27-21(28)14-15-6-8-16(25)9-7-15/h2-13H,14H2,1H3,(H,26,29)(H,27,28). The summed E-state index contributed by atoms with van der Waals surface area (Å²) in [6.45, 7) is 0. The van der Waals surface area contributed by atoms with Crippen LogP contribution in [0.3, 0.4) is 0 Å². The van der Waals surface area contributed by atoms with Gasteiger partial charge >= 0.3 is 0 Å². The van der Waals surface area contributed by atoms with Crippen LogP contribution in [0.4, 0.5) is 15.8 Å². The lowest BCUT2D eigenvalue weighted by Crippen LogP contribution is -2.18. The molecule has 0 fully saturated rings. The molecule has 6 nitrogen and oxygen atoms in total. The van der Waals surface area contributed by atoms with Gasteiger partial charge in [0.05, 0.1) is 13.5 Å². The Morgan fingerprint density at radius 2 is 1.65 bits per heavy atom. The molecule has 0 saturated heterocycles. The highest BCUT2D eigenvalue weighted by atomic mass is 19.1. The van der Waals surface area contributed by atoms with Crippen molar-refractivity contribution in [1.29, 1.82) is 0 Å². The van der Waals surface area contributed by atoms with Crippen molar-refractivity contribution in [2.45, 2.75) is 6.42 Å². The monoisotopic (exact) mass is 418 g/mol. The molecule has 1 heterocycles. The molecule has 7 heteroatoms. The zero-order valence-electron chi connectivity index (χ0n) is 16.6. The van der Waals surface area contributed by atoms with Gasteiger partial charge in [0.25, 0.3) is 5.91 Å². The first kappa shape index (κ1) is 20.2. The number of rotatable bonds is 6. The van der Waals surface area contributed by atoms with Crippen molar-refractivity contribution in [3.8, 4) is 5.75 Å². The Morgan fingerprint density at radius 3 is 2.35 bits per heavy atom. The van der Waals surface area contributed by atoms with Crippen LogP contribution in [0.1, 0.15) is 16.1 Å². The second kappa shape index (κ2) is 8.71. The van der Waals surface area contributed by atoms with E-state index in [1.807, 2.05) is 0 Å². The number of benzene rings is 3. The van der Waals surface area contributed by atoms with E-state index in [0.717, 1.165) is 0 Å². The molecule has 2 amide bonds. The van der Waals surface area contributed by atoms with Crippen LogP contribution in [0.5, 0.6) is 5.75 Å². The zero-order valence-corrected chi connectivity index (χ0v) is 16.6. The molecule has 0 aliphatic heterocycles. The van der Waals surface area contributed by atoms with Crippen molar-refractivity contribution in [2.24, 2.45) is 0 Å². The maximum atomic E-state index is 13.1. The normalized spacial score (nSPS) is 10.6. The summed E-state index contributed by atoms with van der Waals surface area (Å²) in [5.74, 6) is -0.572. The van der Waals surface area contributed by atoms with Gasteiger partial charge in [-0.3, -0.25) is 9.59 Å². The summed E-state index contributed by atoms with van der Waals surface area (Å²) in [5, 5.41) is 6.14. The van der Waals surface area contributed by atoms with Crippen molar-refractivity contribution < 1.29 is 23.1 Å². The van der Waals surface area contributed by atoms with Crippen LogP contribution in [0.2, 0.25) is 0 Å². The third-order valence-corrected chi connectivity index (χ3v) is 4.69. The fourth-order valence-corrected chi connectivity index (χ4v) is 3.16. The lowest BCUT2D eigenvalue weighted by molar-refractivity contribution is -0.115. The summed E-state index contributed by atoms with van der Waals surface area (Å²) >= 11 is 0. The summed E-state index contributed by atoms with van der Waals surface area (Å²) in [6, 6.07) is 19.6. The molecule has 0 spiro atoms. The number of nitrogens with one attached hydrogen (secondary N) is 2. The lowest BCUT2D eigenvalue weighted by atomic mass is 10.1. The number of furan rings is 1. The highest BCUT2D eigenvalue weighted by Crippen LogP contribution is 2.31. The summed E-state index contributed by atoms with van der Waals surface area (Å²) < 4.78 is 24.0. The van der Waals surface area contributed by atoms with Gasteiger partial charge in [-0.15, -0.1) is 0 Å². The van der Waals surface area contributed by atoms with Crippen LogP contribution in [-0.4, -0.2) is 18.9 Å².